The Bertz CT molecular complexity index is 1050. The summed E-state index contributed by atoms with van der Waals surface area (Å²) in [6.45, 7) is 6.01. The molecule has 0 aromatic heterocycles. The zero-order chi connectivity index (χ0) is 20.8. The highest BCUT2D eigenvalue weighted by atomic mass is 35.5. The fourth-order valence-corrected chi connectivity index (χ4v) is 3.16. The van der Waals surface area contributed by atoms with Gasteiger partial charge >= 0.3 is 0 Å². The van der Waals surface area contributed by atoms with Crippen molar-refractivity contribution < 1.29 is 14.3 Å². The van der Waals surface area contributed by atoms with Gasteiger partial charge in [0.05, 0.1) is 12.8 Å². The minimum atomic E-state index is -0.717. The van der Waals surface area contributed by atoms with E-state index in [1.54, 1.807) is 31.3 Å². The molecule has 6 heteroatoms. The molecule has 0 aliphatic heterocycles. The molecule has 1 amide bonds. The van der Waals surface area contributed by atoms with Gasteiger partial charge in [0.2, 0.25) is 0 Å². The molecule has 29 heavy (non-hydrogen) atoms. The first-order chi connectivity index (χ1) is 14.0. The second kappa shape index (κ2) is 9.43. The third-order valence-corrected chi connectivity index (χ3v) is 4.64. The van der Waals surface area contributed by atoms with Crippen molar-refractivity contribution >= 4 is 34.5 Å². The van der Waals surface area contributed by atoms with Crippen LogP contribution in [-0.4, -0.2) is 24.8 Å². The van der Waals surface area contributed by atoms with E-state index in [2.05, 4.69) is 10.5 Å². The van der Waals surface area contributed by atoms with E-state index in [4.69, 9.17) is 21.1 Å². The molecule has 3 aromatic carbocycles. The number of rotatable bonds is 7. The summed E-state index contributed by atoms with van der Waals surface area (Å²) >= 11 is 5.96. The second-order valence-corrected chi connectivity index (χ2v) is 6.97. The van der Waals surface area contributed by atoms with E-state index in [0.717, 1.165) is 21.9 Å². The molecule has 150 valence electrons. The molecule has 0 heterocycles. The SMILES string of the molecule is CCOc1ccc2ccccc2c1/C=N\NC(=O)[C@H](C)Oc1ccc(Cl)cc1C. The molecule has 0 unspecified atom stereocenters. The number of carbonyl (C=O) groups is 1. The zero-order valence-electron chi connectivity index (χ0n) is 16.6. The zero-order valence-corrected chi connectivity index (χ0v) is 17.4. The van der Waals surface area contributed by atoms with Gasteiger partial charge in [-0.15, -0.1) is 0 Å². The Morgan fingerprint density at radius 1 is 1.17 bits per heavy atom. The van der Waals surface area contributed by atoms with E-state index in [-0.39, 0.29) is 5.91 Å². The second-order valence-electron chi connectivity index (χ2n) is 6.54. The minimum Gasteiger partial charge on any atom is -0.493 e. The highest BCUT2D eigenvalue weighted by Crippen LogP contribution is 2.27. The van der Waals surface area contributed by atoms with Crippen LogP contribution in [-0.2, 0) is 4.79 Å². The first-order valence-corrected chi connectivity index (χ1v) is 9.77. The number of benzene rings is 3. The summed E-state index contributed by atoms with van der Waals surface area (Å²) in [4.78, 5) is 12.4. The van der Waals surface area contributed by atoms with Gasteiger partial charge < -0.3 is 9.47 Å². The molecule has 3 rings (SSSR count). The number of aryl methyl sites for hydroxylation is 1. The quantitative estimate of drug-likeness (QED) is 0.434. The first kappa shape index (κ1) is 20.7. The standard InChI is InChI=1S/C23H23ClN2O3/c1-4-28-22-11-9-17-7-5-6-8-19(17)20(22)14-25-26-23(27)16(3)29-21-12-10-18(24)13-15(21)2/h5-14,16H,4H2,1-3H3,(H,26,27)/b25-14-/t16-/m0/s1. The van der Waals surface area contributed by atoms with Gasteiger partial charge in [0.1, 0.15) is 11.5 Å². The van der Waals surface area contributed by atoms with Crippen molar-refractivity contribution in [2.75, 3.05) is 6.61 Å². The Labute approximate surface area is 175 Å². The molecule has 0 radical (unpaired) electrons. The number of hydrogen-bond acceptors (Lipinski definition) is 4. The molecule has 3 aromatic rings. The van der Waals surface area contributed by atoms with E-state index < -0.39 is 6.10 Å². The predicted molar refractivity (Wildman–Crippen MR) is 117 cm³/mol. The van der Waals surface area contributed by atoms with Gasteiger partial charge in [-0.25, -0.2) is 5.43 Å². The predicted octanol–water partition coefficient (Wildman–Crippen LogP) is 5.12. The minimum absolute atomic E-state index is 0.353. The lowest BCUT2D eigenvalue weighted by Gasteiger charge is -2.15. The number of nitrogens with one attached hydrogen (secondary N) is 1. The Kier molecular flexibility index (Phi) is 6.73. The molecule has 0 fully saturated rings. The lowest BCUT2D eigenvalue weighted by Crippen LogP contribution is -2.33. The van der Waals surface area contributed by atoms with Crippen molar-refractivity contribution in [3.63, 3.8) is 0 Å². The molecular weight excluding hydrogens is 388 g/mol. The maximum absolute atomic E-state index is 12.4. The van der Waals surface area contributed by atoms with Crippen molar-refractivity contribution in [3.05, 3.63) is 70.7 Å². The fourth-order valence-electron chi connectivity index (χ4n) is 2.93. The maximum Gasteiger partial charge on any atom is 0.280 e. The number of carbonyl (C=O) groups excluding carboxylic acids is 1. The summed E-state index contributed by atoms with van der Waals surface area (Å²) in [6.07, 6.45) is 0.886. The number of halogens is 1. The Morgan fingerprint density at radius 2 is 1.93 bits per heavy atom. The summed E-state index contributed by atoms with van der Waals surface area (Å²) in [5.41, 5.74) is 4.21. The van der Waals surface area contributed by atoms with Gasteiger partial charge in [0, 0.05) is 10.6 Å². The number of amides is 1. The van der Waals surface area contributed by atoms with E-state index >= 15 is 0 Å². The van der Waals surface area contributed by atoms with Gasteiger partial charge in [0.25, 0.3) is 5.91 Å². The maximum atomic E-state index is 12.4. The molecule has 1 atom stereocenters. The van der Waals surface area contributed by atoms with Gasteiger partial charge in [-0.1, -0.05) is 41.9 Å². The van der Waals surface area contributed by atoms with Crippen molar-refractivity contribution in [1.29, 1.82) is 0 Å². The summed E-state index contributed by atoms with van der Waals surface area (Å²) in [6, 6.07) is 17.1. The lowest BCUT2D eigenvalue weighted by atomic mass is 10.0. The van der Waals surface area contributed by atoms with Crippen LogP contribution in [0.3, 0.4) is 0 Å². The lowest BCUT2D eigenvalue weighted by molar-refractivity contribution is -0.127. The van der Waals surface area contributed by atoms with Crippen molar-refractivity contribution in [1.82, 2.24) is 5.43 Å². The summed E-state index contributed by atoms with van der Waals surface area (Å²) in [5.74, 6) is 0.966. The smallest absolute Gasteiger partial charge is 0.280 e. The van der Waals surface area contributed by atoms with Crippen LogP contribution in [0.25, 0.3) is 10.8 Å². The largest absolute Gasteiger partial charge is 0.493 e. The van der Waals surface area contributed by atoms with Crippen molar-refractivity contribution in [3.8, 4) is 11.5 Å². The van der Waals surface area contributed by atoms with Gasteiger partial charge in [-0.05, 0) is 61.4 Å². The normalized spacial score (nSPS) is 12.1. The van der Waals surface area contributed by atoms with E-state index in [9.17, 15) is 4.79 Å². The van der Waals surface area contributed by atoms with E-state index in [1.807, 2.05) is 50.2 Å². The monoisotopic (exact) mass is 410 g/mol. The molecule has 1 N–H and O–H groups in total. The van der Waals surface area contributed by atoms with Gasteiger partial charge in [-0.3, -0.25) is 4.79 Å². The fraction of sp³-hybridized carbons (Fsp3) is 0.217. The summed E-state index contributed by atoms with van der Waals surface area (Å²) in [7, 11) is 0. The van der Waals surface area contributed by atoms with Crippen LogP contribution >= 0.6 is 11.6 Å². The van der Waals surface area contributed by atoms with Crippen LogP contribution in [0.5, 0.6) is 11.5 Å². The molecule has 0 saturated heterocycles. The van der Waals surface area contributed by atoms with Crippen LogP contribution in [0.15, 0.2) is 59.7 Å². The molecular formula is C23H23ClN2O3. The number of fused-ring (bicyclic) bond motifs is 1. The first-order valence-electron chi connectivity index (χ1n) is 9.40. The molecule has 0 saturated carbocycles. The van der Waals surface area contributed by atoms with Crippen LogP contribution < -0.4 is 14.9 Å². The van der Waals surface area contributed by atoms with Gasteiger partial charge in [-0.2, -0.15) is 5.10 Å². The average molecular weight is 411 g/mol. The van der Waals surface area contributed by atoms with Crippen LogP contribution in [0.2, 0.25) is 5.02 Å². The summed E-state index contributed by atoms with van der Waals surface area (Å²) in [5, 5.41) is 6.82. The molecule has 0 spiro atoms. The Morgan fingerprint density at radius 3 is 2.69 bits per heavy atom. The third-order valence-electron chi connectivity index (χ3n) is 4.41. The van der Waals surface area contributed by atoms with Crippen LogP contribution in [0.4, 0.5) is 0 Å². The van der Waals surface area contributed by atoms with Crippen molar-refractivity contribution in [2.24, 2.45) is 5.10 Å². The number of ether oxygens (including phenoxy) is 2. The van der Waals surface area contributed by atoms with Crippen molar-refractivity contribution in [2.45, 2.75) is 26.9 Å². The van der Waals surface area contributed by atoms with Gasteiger partial charge in [0.15, 0.2) is 6.10 Å². The topological polar surface area (TPSA) is 59.9 Å². The molecule has 0 aliphatic rings. The Balaban J connectivity index is 1.73. The summed E-state index contributed by atoms with van der Waals surface area (Å²) < 4.78 is 11.4. The highest BCUT2D eigenvalue weighted by molar-refractivity contribution is 6.30. The third kappa shape index (κ3) is 5.06. The van der Waals surface area contributed by atoms with Crippen LogP contribution in [0.1, 0.15) is 25.0 Å². The molecule has 0 bridgehead atoms. The number of nitrogens with zero attached hydrogens (tertiary/aromatic N) is 1. The highest BCUT2D eigenvalue weighted by Gasteiger charge is 2.15. The van der Waals surface area contributed by atoms with E-state index in [1.165, 1.54) is 0 Å². The average Bonchev–Trinajstić information content (AvgIpc) is 2.71. The Hall–Kier alpha value is -3.05. The number of hydrazone groups is 1. The van der Waals surface area contributed by atoms with Crippen LogP contribution in [0, 0.1) is 6.92 Å². The molecule has 5 nitrogen and oxygen atoms in total. The molecule has 0 aliphatic carbocycles. The van der Waals surface area contributed by atoms with E-state index in [0.29, 0.717) is 23.1 Å². The number of hydrogen-bond donors (Lipinski definition) is 1.